The van der Waals surface area contributed by atoms with Crippen molar-refractivity contribution in [1.82, 2.24) is 10.3 Å². The number of halogens is 1. The molecule has 0 radical (unpaired) electrons. The molecule has 1 aromatic heterocycles. The molecule has 0 aliphatic carbocycles. The second-order valence-corrected chi connectivity index (χ2v) is 10.2. The molecule has 0 unspecified atom stereocenters. The van der Waals surface area contributed by atoms with Crippen molar-refractivity contribution >= 4 is 33.2 Å². The monoisotopic (exact) mass is 505 g/mol. The van der Waals surface area contributed by atoms with E-state index < -0.39 is 10.0 Å². The molecule has 7 nitrogen and oxygen atoms in total. The van der Waals surface area contributed by atoms with Crippen LogP contribution >= 0.6 is 11.6 Å². The van der Waals surface area contributed by atoms with Crippen LogP contribution in [0, 0.1) is 0 Å². The fraction of sp³-hybridized carbons (Fsp3) is 0.0769. The SMILES string of the molecule is O=C(NCc1cccnc1)c1ccc(S(=O)(=O)N2Cc3ccccc3Oc3ccc(Cl)cc32)cc1. The molecule has 0 saturated heterocycles. The zero-order chi connectivity index (χ0) is 24.4. The molecule has 0 spiro atoms. The number of para-hydroxylation sites is 1. The predicted octanol–water partition coefficient (Wildman–Crippen LogP) is 5.17. The number of amides is 1. The molecule has 1 N–H and O–H groups in total. The highest BCUT2D eigenvalue weighted by Gasteiger charge is 2.31. The van der Waals surface area contributed by atoms with Crippen LogP contribution in [-0.4, -0.2) is 19.3 Å². The summed E-state index contributed by atoms with van der Waals surface area (Å²) in [5.74, 6) is 0.649. The van der Waals surface area contributed by atoms with Gasteiger partial charge in [0.2, 0.25) is 0 Å². The molecule has 35 heavy (non-hydrogen) atoms. The summed E-state index contributed by atoms with van der Waals surface area (Å²) < 4.78 is 34.8. The third-order valence-corrected chi connectivity index (χ3v) is 7.59. The van der Waals surface area contributed by atoms with Crippen molar-refractivity contribution in [2.75, 3.05) is 4.31 Å². The van der Waals surface area contributed by atoms with Gasteiger partial charge in [-0.3, -0.25) is 14.1 Å². The second-order valence-electron chi connectivity index (χ2n) is 7.90. The van der Waals surface area contributed by atoms with Crippen molar-refractivity contribution < 1.29 is 17.9 Å². The number of hydrogen-bond acceptors (Lipinski definition) is 5. The van der Waals surface area contributed by atoms with Gasteiger partial charge in [-0.15, -0.1) is 0 Å². The summed E-state index contributed by atoms with van der Waals surface area (Å²) in [5.41, 5.74) is 2.27. The van der Waals surface area contributed by atoms with Gasteiger partial charge < -0.3 is 10.1 Å². The van der Waals surface area contributed by atoms with Crippen LogP contribution in [0.4, 0.5) is 5.69 Å². The third kappa shape index (κ3) is 4.71. The molecule has 4 aromatic rings. The molecule has 0 bridgehead atoms. The van der Waals surface area contributed by atoms with Crippen molar-refractivity contribution in [2.24, 2.45) is 0 Å². The number of pyridine rings is 1. The summed E-state index contributed by atoms with van der Waals surface area (Å²) in [7, 11) is -4.00. The first-order valence-corrected chi connectivity index (χ1v) is 12.6. The van der Waals surface area contributed by atoms with Gasteiger partial charge in [-0.25, -0.2) is 8.42 Å². The maximum absolute atomic E-state index is 13.7. The van der Waals surface area contributed by atoms with Gasteiger partial charge in [0.05, 0.1) is 17.1 Å². The van der Waals surface area contributed by atoms with E-state index in [1.54, 1.807) is 42.7 Å². The number of benzene rings is 3. The lowest BCUT2D eigenvalue weighted by Crippen LogP contribution is -2.30. The first-order valence-electron chi connectivity index (χ1n) is 10.8. The number of rotatable bonds is 5. The van der Waals surface area contributed by atoms with E-state index in [2.05, 4.69) is 10.3 Å². The molecule has 1 aliphatic heterocycles. The summed E-state index contributed by atoms with van der Waals surface area (Å²) in [5, 5.41) is 3.19. The largest absolute Gasteiger partial charge is 0.455 e. The van der Waals surface area contributed by atoms with E-state index >= 15 is 0 Å². The molecule has 1 amide bonds. The Labute approximate surface area is 208 Å². The van der Waals surface area contributed by atoms with Gasteiger partial charge in [0.15, 0.2) is 5.75 Å². The lowest BCUT2D eigenvalue weighted by molar-refractivity contribution is 0.0950. The summed E-state index contributed by atoms with van der Waals surface area (Å²) in [4.78, 5) is 16.6. The van der Waals surface area contributed by atoms with Gasteiger partial charge in [-0.05, 0) is 60.2 Å². The number of hydrogen-bond donors (Lipinski definition) is 1. The Balaban J connectivity index is 1.44. The maximum atomic E-state index is 13.7. The van der Waals surface area contributed by atoms with Crippen LogP contribution in [0.25, 0.3) is 0 Å². The van der Waals surface area contributed by atoms with Gasteiger partial charge in [0.25, 0.3) is 15.9 Å². The van der Waals surface area contributed by atoms with Crippen LogP contribution in [0.3, 0.4) is 0 Å². The van der Waals surface area contributed by atoms with E-state index in [0.717, 1.165) is 11.1 Å². The number of nitrogens with one attached hydrogen (secondary N) is 1. The second kappa shape index (κ2) is 9.40. The summed E-state index contributed by atoms with van der Waals surface area (Å²) >= 11 is 6.21. The van der Waals surface area contributed by atoms with Crippen LogP contribution in [0.5, 0.6) is 11.5 Å². The Kier molecular flexibility index (Phi) is 6.15. The molecule has 0 atom stereocenters. The number of fused-ring (bicyclic) bond motifs is 2. The first kappa shape index (κ1) is 22.9. The molecule has 176 valence electrons. The Hall–Kier alpha value is -3.88. The zero-order valence-electron chi connectivity index (χ0n) is 18.4. The maximum Gasteiger partial charge on any atom is 0.264 e. The molecule has 3 aromatic carbocycles. The quantitative estimate of drug-likeness (QED) is 0.404. The molecule has 9 heteroatoms. The van der Waals surface area contributed by atoms with E-state index in [1.165, 1.54) is 28.6 Å². The summed E-state index contributed by atoms with van der Waals surface area (Å²) in [6.45, 7) is 0.386. The average molecular weight is 506 g/mol. The molecule has 5 rings (SSSR count). The van der Waals surface area contributed by atoms with Crippen molar-refractivity contribution in [3.05, 3.63) is 113 Å². The molecule has 1 aliphatic rings. The molecular weight excluding hydrogens is 486 g/mol. The minimum atomic E-state index is -4.00. The van der Waals surface area contributed by atoms with Crippen molar-refractivity contribution in [1.29, 1.82) is 0 Å². The summed E-state index contributed by atoms with van der Waals surface area (Å²) in [6.07, 6.45) is 3.33. The minimum absolute atomic E-state index is 0.0478. The minimum Gasteiger partial charge on any atom is -0.455 e. The highest BCUT2D eigenvalue weighted by Crippen LogP contribution is 2.42. The Bertz CT molecular complexity index is 1490. The Morgan fingerprint density at radius 2 is 1.80 bits per heavy atom. The van der Waals surface area contributed by atoms with E-state index in [4.69, 9.17) is 16.3 Å². The van der Waals surface area contributed by atoms with E-state index in [-0.39, 0.29) is 17.3 Å². The number of carbonyl (C=O) groups is 1. The van der Waals surface area contributed by atoms with Gasteiger partial charge in [0.1, 0.15) is 5.75 Å². The van der Waals surface area contributed by atoms with Crippen molar-refractivity contribution in [3.8, 4) is 11.5 Å². The normalized spacial score (nSPS) is 12.7. The van der Waals surface area contributed by atoms with Crippen molar-refractivity contribution in [3.63, 3.8) is 0 Å². The number of anilines is 1. The summed E-state index contributed by atoms with van der Waals surface area (Å²) in [6, 6.07) is 21.6. The smallest absolute Gasteiger partial charge is 0.264 e. The molecule has 0 saturated carbocycles. The number of ether oxygens (including phenoxy) is 1. The van der Waals surface area contributed by atoms with Crippen LogP contribution in [0.2, 0.25) is 5.02 Å². The zero-order valence-corrected chi connectivity index (χ0v) is 20.0. The fourth-order valence-corrected chi connectivity index (χ4v) is 5.38. The number of sulfonamides is 1. The van der Waals surface area contributed by atoms with Crippen LogP contribution in [0.1, 0.15) is 21.5 Å². The van der Waals surface area contributed by atoms with E-state index in [0.29, 0.717) is 34.3 Å². The van der Waals surface area contributed by atoms with Crippen LogP contribution in [0.15, 0.2) is 96.2 Å². The van der Waals surface area contributed by atoms with Gasteiger partial charge in [-0.1, -0.05) is 35.9 Å². The van der Waals surface area contributed by atoms with E-state index in [9.17, 15) is 13.2 Å². The fourth-order valence-electron chi connectivity index (χ4n) is 3.77. The average Bonchev–Trinajstić information content (AvgIpc) is 3.05. The Morgan fingerprint density at radius 3 is 2.57 bits per heavy atom. The van der Waals surface area contributed by atoms with E-state index in [1.807, 2.05) is 24.3 Å². The topological polar surface area (TPSA) is 88.6 Å². The lowest BCUT2D eigenvalue weighted by Gasteiger charge is -2.24. The lowest BCUT2D eigenvalue weighted by atomic mass is 10.2. The van der Waals surface area contributed by atoms with Gasteiger partial charge >= 0.3 is 0 Å². The van der Waals surface area contributed by atoms with Gasteiger partial charge in [0, 0.05) is 35.1 Å². The van der Waals surface area contributed by atoms with Crippen LogP contribution < -0.4 is 14.4 Å². The standard InChI is InChI=1S/C26H20ClN3O4S/c27-21-9-12-25-23(14-21)30(17-20-5-1-2-6-24(20)34-25)35(32,33)22-10-7-19(8-11-22)26(31)29-16-18-4-3-13-28-15-18/h1-15H,16-17H2,(H,29,31). The molecular formula is C26H20ClN3O4S. The number of carbonyl (C=O) groups excluding carboxylic acids is 1. The number of aromatic nitrogens is 1. The Morgan fingerprint density at radius 1 is 1.00 bits per heavy atom. The van der Waals surface area contributed by atoms with Gasteiger partial charge in [-0.2, -0.15) is 0 Å². The number of nitrogens with zero attached hydrogens (tertiary/aromatic N) is 2. The highest BCUT2D eigenvalue weighted by atomic mass is 35.5. The van der Waals surface area contributed by atoms with Crippen LogP contribution in [-0.2, 0) is 23.1 Å². The third-order valence-electron chi connectivity index (χ3n) is 5.58. The van der Waals surface area contributed by atoms with Crippen molar-refractivity contribution in [2.45, 2.75) is 18.0 Å². The first-order chi connectivity index (χ1) is 16.9. The highest BCUT2D eigenvalue weighted by molar-refractivity contribution is 7.92. The predicted molar refractivity (Wildman–Crippen MR) is 133 cm³/mol. The molecule has 0 fully saturated rings. The molecule has 2 heterocycles.